The van der Waals surface area contributed by atoms with Gasteiger partial charge in [0.1, 0.15) is 12.9 Å². The van der Waals surface area contributed by atoms with Crippen molar-refractivity contribution in [3.05, 3.63) is 42.0 Å². The van der Waals surface area contributed by atoms with Gasteiger partial charge in [-0.2, -0.15) is 0 Å². The minimum absolute atomic E-state index is 0.302. The highest BCUT2D eigenvalue weighted by atomic mass is 32.2. The molecule has 0 radical (unpaired) electrons. The Morgan fingerprint density at radius 2 is 1.96 bits per heavy atom. The fourth-order valence-corrected chi connectivity index (χ4v) is 3.13. The van der Waals surface area contributed by atoms with Crippen molar-refractivity contribution in [3.63, 3.8) is 0 Å². The lowest BCUT2D eigenvalue weighted by molar-refractivity contribution is -0.120. The Bertz CT molecular complexity index is 814. The van der Waals surface area contributed by atoms with Crippen LogP contribution in [0.5, 0.6) is 0 Å². The standard InChI is InChI=1S/C15H21N5O3S/c1-11-5-7-13(8-6-11)20(24(4,22)23)9-14(21)17-12(2)15-18-16-10-19(15)3/h5-8,10,12H,9H2,1-4H3,(H,17,21)/t12-/m1/s1. The van der Waals surface area contributed by atoms with Gasteiger partial charge in [-0.3, -0.25) is 9.10 Å². The highest BCUT2D eigenvalue weighted by Gasteiger charge is 2.22. The van der Waals surface area contributed by atoms with Crippen molar-refractivity contribution in [3.8, 4) is 0 Å². The largest absolute Gasteiger partial charge is 0.345 e. The molecule has 2 aromatic rings. The second-order valence-corrected chi connectivity index (χ2v) is 7.60. The molecule has 2 rings (SSSR count). The quantitative estimate of drug-likeness (QED) is 0.829. The lowest BCUT2D eigenvalue weighted by Gasteiger charge is -2.23. The number of carbonyl (C=O) groups excluding carboxylic acids is 1. The van der Waals surface area contributed by atoms with Crippen LogP contribution in [0.1, 0.15) is 24.4 Å². The summed E-state index contributed by atoms with van der Waals surface area (Å²) in [5, 5.41) is 10.4. The molecule has 1 amide bonds. The first-order valence-electron chi connectivity index (χ1n) is 7.36. The molecule has 0 bridgehead atoms. The molecular formula is C15H21N5O3S. The van der Waals surface area contributed by atoms with Crippen molar-refractivity contribution in [2.24, 2.45) is 7.05 Å². The zero-order valence-corrected chi connectivity index (χ0v) is 14.9. The van der Waals surface area contributed by atoms with E-state index in [9.17, 15) is 13.2 Å². The molecule has 9 heteroatoms. The molecule has 1 aromatic heterocycles. The second-order valence-electron chi connectivity index (χ2n) is 5.69. The number of sulfonamides is 1. The molecule has 130 valence electrons. The number of aryl methyl sites for hydroxylation is 2. The Labute approximate surface area is 141 Å². The van der Waals surface area contributed by atoms with Crippen molar-refractivity contribution in [2.75, 3.05) is 17.1 Å². The van der Waals surface area contributed by atoms with E-state index in [0.717, 1.165) is 16.1 Å². The molecule has 0 unspecified atom stereocenters. The molecule has 1 heterocycles. The summed E-state index contributed by atoms with van der Waals surface area (Å²) >= 11 is 0. The number of hydrogen-bond acceptors (Lipinski definition) is 5. The molecule has 0 saturated carbocycles. The number of anilines is 1. The van der Waals surface area contributed by atoms with E-state index in [-0.39, 0.29) is 12.6 Å². The van der Waals surface area contributed by atoms with Crippen LogP contribution in [0.4, 0.5) is 5.69 Å². The fraction of sp³-hybridized carbons (Fsp3) is 0.400. The van der Waals surface area contributed by atoms with E-state index in [1.54, 1.807) is 42.8 Å². The average molecular weight is 351 g/mol. The Kier molecular flexibility index (Phi) is 5.23. The highest BCUT2D eigenvalue weighted by molar-refractivity contribution is 7.92. The third-order valence-corrected chi connectivity index (χ3v) is 4.66. The smallest absolute Gasteiger partial charge is 0.241 e. The van der Waals surface area contributed by atoms with Crippen LogP contribution in [-0.2, 0) is 21.9 Å². The van der Waals surface area contributed by atoms with Gasteiger partial charge in [0.2, 0.25) is 15.9 Å². The summed E-state index contributed by atoms with van der Waals surface area (Å²) in [5.74, 6) is 0.168. The van der Waals surface area contributed by atoms with E-state index >= 15 is 0 Å². The monoisotopic (exact) mass is 351 g/mol. The maximum atomic E-state index is 12.3. The van der Waals surface area contributed by atoms with Gasteiger partial charge in [-0.05, 0) is 26.0 Å². The molecule has 0 aliphatic carbocycles. The molecule has 0 fully saturated rings. The number of nitrogens with one attached hydrogen (secondary N) is 1. The number of hydrogen-bond donors (Lipinski definition) is 1. The summed E-state index contributed by atoms with van der Waals surface area (Å²) in [4.78, 5) is 12.3. The van der Waals surface area contributed by atoms with Gasteiger partial charge in [0, 0.05) is 7.05 Å². The third-order valence-electron chi connectivity index (χ3n) is 3.52. The van der Waals surface area contributed by atoms with Gasteiger partial charge in [-0.15, -0.1) is 10.2 Å². The molecule has 1 atom stereocenters. The lowest BCUT2D eigenvalue weighted by atomic mass is 10.2. The Morgan fingerprint density at radius 3 is 2.46 bits per heavy atom. The first-order valence-corrected chi connectivity index (χ1v) is 9.21. The van der Waals surface area contributed by atoms with Crippen LogP contribution in [0.15, 0.2) is 30.6 Å². The molecule has 0 aliphatic heterocycles. The molecule has 8 nitrogen and oxygen atoms in total. The number of nitrogens with zero attached hydrogens (tertiary/aromatic N) is 4. The predicted octanol–water partition coefficient (Wildman–Crippen LogP) is 0.767. The van der Waals surface area contributed by atoms with Gasteiger partial charge in [-0.25, -0.2) is 8.42 Å². The Hall–Kier alpha value is -2.42. The molecule has 1 aromatic carbocycles. The number of amides is 1. The van der Waals surface area contributed by atoms with Crippen molar-refractivity contribution in [1.29, 1.82) is 0 Å². The van der Waals surface area contributed by atoms with Crippen LogP contribution in [0.3, 0.4) is 0 Å². The number of benzene rings is 1. The zero-order valence-electron chi connectivity index (χ0n) is 14.1. The minimum Gasteiger partial charge on any atom is -0.345 e. The summed E-state index contributed by atoms with van der Waals surface area (Å²) in [7, 11) is -1.81. The van der Waals surface area contributed by atoms with E-state index in [2.05, 4.69) is 15.5 Å². The summed E-state index contributed by atoms with van der Waals surface area (Å²) < 4.78 is 26.8. The van der Waals surface area contributed by atoms with Crippen LogP contribution in [-0.4, -0.2) is 41.9 Å². The SMILES string of the molecule is Cc1ccc(N(CC(=O)N[C@H](C)c2nncn2C)S(C)(=O)=O)cc1. The summed E-state index contributed by atoms with van der Waals surface area (Å²) in [6.07, 6.45) is 2.61. The van der Waals surface area contributed by atoms with Crippen molar-refractivity contribution in [1.82, 2.24) is 20.1 Å². The van der Waals surface area contributed by atoms with Gasteiger partial charge in [0.15, 0.2) is 5.82 Å². The average Bonchev–Trinajstić information content (AvgIpc) is 2.91. The summed E-state index contributed by atoms with van der Waals surface area (Å²) in [6.45, 7) is 3.37. The van der Waals surface area contributed by atoms with E-state index in [4.69, 9.17) is 0 Å². The number of rotatable bonds is 6. The molecule has 1 N–H and O–H groups in total. The maximum Gasteiger partial charge on any atom is 0.241 e. The third kappa shape index (κ3) is 4.31. The van der Waals surface area contributed by atoms with Crippen molar-refractivity contribution >= 4 is 21.6 Å². The zero-order chi connectivity index (χ0) is 17.9. The number of aromatic nitrogens is 3. The van der Waals surface area contributed by atoms with Crippen LogP contribution in [0.25, 0.3) is 0 Å². The van der Waals surface area contributed by atoms with Crippen molar-refractivity contribution < 1.29 is 13.2 Å². The summed E-state index contributed by atoms with van der Waals surface area (Å²) in [5.41, 5.74) is 1.46. The van der Waals surface area contributed by atoms with Crippen LogP contribution in [0.2, 0.25) is 0 Å². The normalized spacial score (nSPS) is 12.7. The lowest BCUT2D eigenvalue weighted by Crippen LogP contribution is -2.41. The molecular weight excluding hydrogens is 330 g/mol. The van der Waals surface area contributed by atoms with Crippen LogP contribution < -0.4 is 9.62 Å². The number of carbonyl (C=O) groups is 1. The Morgan fingerprint density at radius 1 is 1.33 bits per heavy atom. The van der Waals surface area contributed by atoms with Gasteiger partial charge in [-0.1, -0.05) is 17.7 Å². The fourth-order valence-electron chi connectivity index (χ4n) is 2.28. The van der Waals surface area contributed by atoms with Crippen LogP contribution >= 0.6 is 0 Å². The van der Waals surface area contributed by atoms with E-state index in [1.165, 1.54) is 6.33 Å². The predicted molar refractivity (Wildman–Crippen MR) is 90.9 cm³/mol. The maximum absolute atomic E-state index is 12.3. The topological polar surface area (TPSA) is 97.2 Å². The molecule has 24 heavy (non-hydrogen) atoms. The first-order chi connectivity index (χ1) is 11.2. The second kappa shape index (κ2) is 7.00. The Balaban J connectivity index is 2.13. The van der Waals surface area contributed by atoms with Gasteiger partial charge >= 0.3 is 0 Å². The van der Waals surface area contributed by atoms with E-state index in [0.29, 0.717) is 11.5 Å². The van der Waals surface area contributed by atoms with Gasteiger partial charge in [0.25, 0.3) is 0 Å². The van der Waals surface area contributed by atoms with Crippen molar-refractivity contribution in [2.45, 2.75) is 19.9 Å². The highest BCUT2D eigenvalue weighted by Crippen LogP contribution is 2.18. The molecule has 0 saturated heterocycles. The molecule has 0 spiro atoms. The van der Waals surface area contributed by atoms with E-state index < -0.39 is 15.9 Å². The first kappa shape index (κ1) is 17.9. The summed E-state index contributed by atoms with van der Waals surface area (Å²) in [6, 6.07) is 6.57. The van der Waals surface area contributed by atoms with Gasteiger partial charge < -0.3 is 9.88 Å². The van der Waals surface area contributed by atoms with E-state index in [1.807, 2.05) is 6.92 Å². The minimum atomic E-state index is -3.58. The van der Waals surface area contributed by atoms with Gasteiger partial charge in [0.05, 0.1) is 18.0 Å². The van der Waals surface area contributed by atoms with Crippen LogP contribution in [0, 0.1) is 6.92 Å². The molecule has 0 aliphatic rings.